The van der Waals surface area contributed by atoms with E-state index in [1.54, 1.807) is 19.2 Å². The summed E-state index contributed by atoms with van der Waals surface area (Å²) < 4.78 is 1.51. The molecule has 5 heteroatoms. The number of aliphatic hydroxyl groups is 1. The van der Waals surface area contributed by atoms with Crippen LogP contribution in [0.3, 0.4) is 0 Å². The van der Waals surface area contributed by atoms with E-state index in [-0.39, 0.29) is 17.9 Å². The first-order chi connectivity index (χ1) is 10.3. The Kier molecular flexibility index (Phi) is 4.66. The Morgan fingerprint density at radius 2 is 1.91 bits per heavy atom. The fraction of sp³-hybridized carbons (Fsp3) is 0.412. The van der Waals surface area contributed by atoms with Gasteiger partial charge in [0.1, 0.15) is 6.54 Å². The number of aromatic nitrogens is 2. The van der Waals surface area contributed by atoms with E-state index in [1.807, 2.05) is 24.3 Å². The molecule has 0 aliphatic heterocycles. The molecule has 1 amide bonds. The monoisotopic (exact) mass is 301 g/mol. The predicted octanol–water partition coefficient (Wildman–Crippen LogP) is 2.87. The molecule has 22 heavy (non-hydrogen) atoms. The number of carbonyl (C=O) groups excluding carboxylic acids is 1. The van der Waals surface area contributed by atoms with E-state index in [0.29, 0.717) is 5.69 Å². The summed E-state index contributed by atoms with van der Waals surface area (Å²) in [6, 6.07) is 9.56. The molecule has 2 aromatic rings. The number of carbonyl (C=O) groups is 1. The van der Waals surface area contributed by atoms with Crippen LogP contribution in [0, 0.1) is 0 Å². The Morgan fingerprint density at radius 1 is 1.27 bits per heavy atom. The van der Waals surface area contributed by atoms with Crippen molar-refractivity contribution in [2.24, 2.45) is 0 Å². The van der Waals surface area contributed by atoms with Gasteiger partial charge in [0.25, 0.3) is 0 Å². The summed E-state index contributed by atoms with van der Waals surface area (Å²) in [4.78, 5) is 12.0. The summed E-state index contributed by atoms with van der Waals surface area (Å²) in [7, 11) is 0. The minimum Gasteiger partial charge on any atom is -0.387 e. The van der Waals surface area contributed by atoms with Crippen molar-refractivity contribution in [1.82, 2.24) is 9.78 Å². The third-order valence-electron chi connectivity index (χ3n) is 3.43. The minimum absolute atomic E-state index is 0.0923. The Labute approximate surface area is 131 Å². The first-order valence-electron chi connectivity index (χ1n) is 7.37. The quantitative estimate of drug-likeness (QED) is 0.912. The van der Waals surface area contributed by atoms with Crippen LogP contribution in [0.5, 0.6) is 0 Å². The molecular weight excluding hydrogens is 278 g/mol. The molecule has 2 rings (SSSR count). The van der Waals surface area contributed by atoms with Crippen molar-refractivity contribution in [3.63, 3.8) is 0 Å². The second-order valence-electron chi connectivity index (χ2n) is 6.49. The smallest absolute Gasteiger partial charge is 0.246 e. The van der Waals surface area contributed by atoms with E-state index in [4.69, 9.17) is 0 Å². The van der Waals surface area contributed by atoms with Gasteiger partial charge in [0.15, 0.2) is 0 Å². The second kappa shape index (κ2) is 6.32. The van der Waals surface area contributed by atoms with Gasteiger partial charge in [-0.2, -0.15) is 5.10 Å². The highest BCUT2D eigenvalue weighted by Crippen LogP contribution is 2.23. The van der Waals surface area contributed by atoms with Crippen LogP contribution in [-0.2, 0) is 16.8 Å². The Balaban J connectivity index is 1.96. The first kappa shape index (κ1) is 16.2. The molecule has 0 saturated carbocycles. The number of benzene rings is 1. The van der Waals surface area contributed by atoms with E-state index in [1.165, 1.54) is 10.2 Å². The van der Waals surface area contributed by atoms with E-state index < -0.39 is 6.10 Å². The van der Waals surface area contributed by atoms with Crippen LogP contribution in [-0.4, -0.2) is 20.8 Å². The first-order valence-corrected chi connectivity index (χ1v) is 7.37. The highest BCUT2D eigenvalue weighted by atomic mass is 16.3. The van der Waals surface area contributed by atoms with Gasteiger partial charge < -0.3 is 10.4 Å². The topological polar surface area (TPSA) is 67.2 Å². The Bertz CT molecular complexity index is 637. The Morgan fingerprint density at radius 3 is 2.41 bits per heavy atom. The molecule has 2 N–H and O–H groups in total. The van der Waals surface area contributed by atoms with E-state index >= 15 is 0 Å². The van der Waals surface area contributed by atoms with Gasteiger partial charge in [-0.25, -0.2) is 0 Å². The lowest BCUT2D eigenvalue weighted by Gasteiger charge is -2.19. The number of nitrogens with zero attached hydrogens (tertiary/aromatic N) is 2. The van der Waals surface area contributed by atoms with Gasteiger partial charge in [0.05, 0.1) is 11.8 Å². The molecule has 1 atom stereocenters. The molecule has 0 aliphatic rings. The Hall–Kier alpha value is -2.14. The van der Waals surface area contributed by atoms with Crippen molar-refractivity contribution in [3.05, 3.63) is 47.8 Å². The molecule has 0 bridgehead atoms. The summed E-state index contributed by atoms with van der Waals surface area (Å²) in [5, 5.41) is 16.4. The second-order valence-corrected chi connectivity index (χ2v) is 6.49. The van der Waals surface area contributed by atoms with Crippen LogP contribution in [0.25, 0.3) is 0 Å². The lowest BCUT2D eigenvalue weighted by atomic mass is 9.87. The van der Waals surface area contributed by atoms with Crippen LogP contribution in [0.15, 0.2) is 36.5 Å². The highest BCUT2D eigenvalue weighted by Gasteiger charge is 2.13. The summed E-state index contributed by atoms with van der Waals surface area (Å²) in [5.74, 6) is -0.149. The van der Waals surface area contributed by atoms with Crippen LogP contribution in [0.4, 0.5) is 5.69 Å². The fourth-order valence-electron chi connectivity index (χ4n) is 2.09. The third kappa shape index (κ3) is 4.18. The number of nitrogens with one attached hydrogen (secondary N) is 1. The number of aliphatic hydroxyl groups excluding tert-OH is 1. The van der Waals surface area contributed by atoms with Crippen molar-refractivity contribution in [3.8, 4) is 0 Å². The van der Waals surface area contributed by atoms with Gasteiger partial charge in [-0.15, -0.1) is 0 Å². The number of amides is 1. The van der Waals surface area contributed by atoms with E-state index in [2.05, 4.69) is 31.2 Å². The number of hydrogen-bond acceptors (Lipinski definition) is 3. The fourth-order valence-corrected chi connectivity index (χ4v) is 2.09. The van der Waals surface area contributed by atoms with Crippen LogP contribution in [0.1, 0.15) is 45.1 Å². The molecule has 5 nitrogen and oxygen atoms in total. The summed E-state index contributed by atoms with van der Waals surface area (Å²) in [6.45, 7) is 8.21. The lowest BCUT2D eigenvalue weighted by molar-refractivity contribution is -0.116. The molecule has 0 unspecified atom stereocenters. The average Bonchev–Trinajstić information content (AvgIpc) is 2.86. The standard InChI is InChI=1S/C17H23N3O2/c1-12(21)15-9-10-20(19-15)11-16(22)18-14-7-5-13(6-8-14)17(2,3)4/h5-10,12,21H,11H2,1-4H3,(H,18,22)/t12-/m0/s1. The molecule has 118 valence electrons. The summed E-state index contributed by atoms with van der Waals surface area (Å²) in [6.07, 6.45) is 1.05. The molecule has 0 aliphatic carbocycles. The molecule has 1 heterocycles. The van der Waals surface area contributed by atoms with Gasteiger partial charge in [-0.1, -0.05) is 32.9 Å². The normalized spacial score (nSPS) is 13.0. The summed E-state index contributed by atoms with van der Waals surface area (Å²) in [5.41, 5.74) is 2.64. The molecule has 0 spiro atoms. The lowest BCUT2D eigenvalue weighted by Crippen LogP contribution is -2.19. The van der Waals surface area contributed by atoms with Gasteiger partial charge in [0, 0.05) is 11.9 Å². The number of hydrogen-bond donors (Lipinski definition) is 2. The maximum atomic E-state index is 12.0. The third-order valence-corrected chi connectivity index (χ3v) is 3.43. The highest BCUT2D eigenvalue weighted by molar-refractivity contribution is 5.90. The van der Waals surface area contributed by atoms with Gasteiger partial charge >= 0.3 is 0 Å². The zero-order chi connectivity index (χ0) is 16.3. The maximum absolute atomic E-state index is 12.0. The average molecular weight is 301 g/mol. The van der Waals surface area contributed by atoms with Crippen molar-refractivity contribution < 1.29 is 9.90 Å². The molecular formula is C17H23N3O2. The predicted molar refractivity (Wildman–Crippen MR) is 86.6 cm³/mol. The largest absolute Gasteiger partial charge is 0.387 e. The van der Waals surface area contributed by atoms with Crippen molar-refractivity contribution in [1.29, 1.82) is 0 Å². The number of anilines is 1. The van der Waals surface area contributed by atoms with Crippen molar-refractivity contribution in [2.75, 3.05) is 5.32 Å². The van der Waals surface area contributed by atoms with Gasteiger partial charge in [0.2, 0.25) is 5.91 Å². The zero-order valence-corrected chi connectivity index (χ0v) is 13.5. The molecule has 1 aromatic carbocycles. The SMILES string of the molecule is C[C@H](O)c1ccn(CC(=O)Nc2ccc(C(C)(C)C)cc2)n1. The van der Waals surface area contributed by atoms with Gasteiger partial charge in [-0.3, -0.25) is 9.48 Å². The van der Waals surface area contributed by atoms with Crippen LogP contribution in [0.2, 0.25) is 0 Å². The van der Waals surface area contributed by atoms with Crippen LogP contribution < -0.4 is 5.32 Å². The zero-order valence-electron chi connectivity index (χ0n) is 13.5. The van der Waals surface area contributed by atoms with Crippen molar-refractivity contribution in [2.45, 2.75) is 45.8 Å². The number of rotatable bonds is 4. The van der Waals surface area contributed by atoms with E-state index in [0.717, 1.165) is 5.69 Å². The molecule has 1 aromatic heterocycles. The van der Waals surface area contributed by atoms with Crippen LogP contribution >= 0.6 is 0 Å². The van der Waals surface area contributed by atoms with Gasteiger partial charge in [-0.05, 0) is 36.1 Å². The summed E-state index contributed by atoms with van der Waals surface area (Å²) >= 11 is 0. The maximum Gasteiger partial charge on any atom is 0.246 e. The molecule has 0 radical (unpaired) electrons. The minimum atomic E-state index is -0.630. The molecule has 0 saturated heterocycles. The van der Waals surface area contributed by atoms with Crippen molar-refractivity contribution >= 4 is 11.6 Å². The van der Waals surface area contributed by atoms with E-state index in [9.17, 15) is 9.90 Å². The molecule has 0 fully saturated rings.